The van der Waals surface area contributed by atoms with Crippen molar-refractivity contribution in [3.05, 3.63) is 57.9 Å². The second kappa shape index (κ2) is 11.4. The van der Waals surface area contributed by atoms with Crippen molar-refractivity contribution in [2.45, 2.75) is 25.8 Å². The molecule has 0 radical (unpaired) electrons. The summed E-state index contributed by atoms with van der Waals surface area (Å²) in [7, 11) is 3.65. The average Bonchev–Trinajstić information content (AvgIpc) is 3.02. The van der Waals surface area contributed by atoms with Gasteiger partial charge >= 0.3 is 0 Å². The van der Waals surface area contributed by atoms with Gasteiger partial charge in [0.2, 0.25) is 0 Å². The van der Waals surface area contributed by atoms with Crippen LogP contribution in [0.4, 0.5) is 5.69 Å². The summed E-state index contributed by atoms with van der Waals surface area (Å²) in [4.78, 5) is 14.4. The fourth-order valence-corrected chi connectivity index (χ4v) is 2.41. The fraction of sp³-hybridized carbons (Fsp3) is 0.412. The number of unbranched alkanes of at least 4 members (excludes halogenated alkanes) is 1. The van der Waals surface area contributed by atoms with Crippen LogP contribution in [0, 0.1) is 10.1 Å². The summed E-state index contributed by atoms with van der Waals surface area (Å²) >= 11 is 0. The minimum atomic E-state index is -0.377. The van der Waals surface area contributed by atoms with Crippen molar-refractivity contribution in [1.29, 1.82) is 0 Å². The highest BCUT2D eigenvalue weighted by Gasteiger charge is 2.04. The lowest BCUT2D eigenvalue weighted by Crippen LogP contribution is -2.37. The fourth-order valence-electron chi connectivity index (χ4n) is 2.41. The first-order valence-electron chi connectivity index (χ1n) is 8.25. The Bertz CT molecular complexity index is 714. The van der Waals surface area contributed by atoms with Crippen molar-refractivity contribution in [2.75, 3.05) is 13.6 Å². The van der Waals surface area contributed by atoms with E-state index in [0.717, 1.165) is 43.0 Å². The lowest BCUT2D eigenvalue weighted by Gasteiger charge is -2.12. The Morgan fingerprint density at radius 3 is 2.54 bits per heavy atom. The second-order valence-corrected chi connectivity index (χ2v) is 5.68. The normalized spacial score (nSPS) is 10.9. The number of non-ortho nitro benzene ring substituents is 1. The lowest BCUT2D eigenvalue weighted by molar-refractivity contribution is -0.384. The molecule has 0 aliphatic heterocycles. The van der Waals surface area contributed by atoms with Crippen LogP contribution in [-0.2, 0) is 20.0 Å². The van der Waals surface area contributed by atoms with Crippen molar-refractivity contribution in [1.82, 2.24) is 20.4 Å². The summed E-state index contributed by atoms with van der Waals surface area (Å²) in [6.07, 6.45) is 4.67. The molecule has 1 heterocycles. The topological polar surface area (TPSA) is 97.4 Å². The van der Waals surface area contributed by atoms with Gasteiger partial charge in [-0.05, 0) is 30.9 Å². The molecule has 0 aliphatic carbocycles. The van der Waals surface area contributed by atoms with E-state index in [2.05, 4.69) is 20.7 Å². The van der Waals surface area contributed by atoms with Crippen LogP contribution in [-0.4, -0.2) is 34.3 Å². The first-order chi connectivity index (χ1) is 12.1. The molecule has 26 heavy (non-hydrogen) atoms. The molecule has 1 aromatic carbocycles. The van der Waals surface area contributed by atoms with E-state index in [1.165, 1.54) is 0 Å². The number of nitro groups is 1. The van der Waals surface area contributed by atoms with Gasteiger partial charge in [-0.3, -0.25) is 19.8 Å². The molecule has 0 fully saturated rings. The molecule has 0 amide bonds. The Kier molecular flexibility index (Phi) is 9.63. The predicted octanol–water partition coefficient (Wildman–Crippen LogP) is 2.63. The Balaban J connectivity index is 0.00000338. The third kappa shape index (κ3) is 6.98. The van der Waals surface area contributed by atoms with Crippen molar-refractivity contribution in [2.24, 2.45) is 12.0 Å². The molecule has 0 bridgehead atoms. The van der Waals surface area contributed by atoms with E-state index in [-0.39, 0.29) is 34.6 Å². The summed E-state index contributed by atoms with van der Waals surface area (Å²) in [5, 5.41) is 21.3. The Hall–Kier alpha value is -2.17. The molecule has 0 saturated carbocycles. The van der Waals surface area contributed by atoms with Crippen molar-refractivity contribution >= 4 is 35.6 Å². The zero-order valence-electron chi connectivity index (χ0n) is 15.0. The van der Waals surface area contributed by atoms with Crippen LogP contribution in [0.25, 0.3) is 0 Å². The molecule has 8 nitrogen and oxygen atoms in total. The second-order valence-electron chi connectivity index (χ2n) is 5.68. The first kappa shape index (κ1) is 21.9. The van der Waals surface area contributed by atoms with Gasteiger partial charge in [0.25, 0.3) is 5.69 Å². The number of aromatic nitrogens is 2. The lowest BCUT2D eigenvalue weighted by atomic mass is 10.1. The van der Waals surface area contributed by atoms with E-state index in [4.69, 9.17) is 0 Å². The number of benzene rings is 1. The molecule has 9 heteroatoms. The van der Waals surface area contributed by atoms with Gasteiger partial charge in [-0.2, -0.15) is 5.10 Å². The number of nitrogens with zero attached hydrogens (tertiary/aromatic N) is 4. The maximum absolute atomic E-state index is 10.6. The van der Waals surface area contributed by atoms with E-state index in [1.54, 1.807) is 25.4 Å². The van der Waals surface area contributed by atoms with E-state index < -0.39 is 0 Å². The smallest absolute Gasteiger partial charge is 0.269 e. The summed E-state index contributed by atoms with van der Waals surface area (Å²) in [6, 6.07) is 8.71. The van der Waals surface area contributed by atoms with E-state index in [1.807, 2.05) is 29.9 Å². The highest BCUT2D eigenvalue weighted by molar-refractivity contribution is 14.0. The van der Waals surface area contributed by atoms with Crippen LogP contribution < -0.4 is 10.6 Å². The number of hydrogen-bond donors (Lipinski definition) is 2. The van der Waals surface area contributed by atoms with Crippen molar-refractivity contribution in [3.8, 4) is 0 Å². The summed E-state index contributed by atoms with van der Waals surface area (Å²) < 4.78 is 1.82. The zero-order valence-corrected chi connectivity index (χ0v) is 17.3. The number of nitrogens with one attached hydrogen (secondary N) is 2. The Morgan fingerprint density at radius 2 is 1.96 bits per heavy atom. The molecule has 2 aromatic rings. The maximum atomic E-state index is 10.6. The van der Waals surface area contributed by atoms with Gasteiger partial charge in [-0.15, -0.1) is 24.0 Å². The third-order valence-electron chi connectivity index (χ3n) is 3.91. The SMILES string of the molecule is CN=C(NCCCCc1ccc([N+](=O)[O-])cc1)NCc1ccnn1C.I. The van der Waals surface area contributed by atoms with Gasteiger partial charge in [0, 0.05) is 39.0 Å². The molecule has 0 spiro atoms. The highest BCUT2D eigenvalue weighted by Crippen LogP contribution is 2.13. The van der Waals surface area contributed by atoms with Crippen molar-refractivity contribution in [3.63, 3.8) is 0 Å². The third-order valence-corrected chi connectivity index (χ3v) is 3.91. The molecule has 0 aliphatic rings. The van der Waals surface area contributed by atoms with Crippen LogP contribution in [0.2, 0.25) is 0 Å². The number of nitro benzene ring substituents is 1. The van der Waals surface area contributed by atoms with Gasteiger partial charge < -0.3 is 10.6 Å². The van der Waals surface area contributed by atoms with E-state index in [9.17, 15) is 10.1 Å². The van der Waals surface area contributed by atoms with Gasteiger partial charge in [0.15, 0.2) is 5.96 Å². The minimum Gasteiger partial charge on any atom is -0.356 e. The summed E-state index contributed by atoms with van der Waals surface area (Å²) in [6.45, 7) is 1.48. The van der Waals surface area contributed by atoms with Gasteiger partial charge in [0.1, 0.15) is 0 Å². The quantitative estimate of drug-likeness (QED) is 0.154. The Morgan fingerprint density at radius 1 is 1.23 bits per heavy atom. The highest BCUT2D eigenvalue weighted by atomic mass is 127. The molecule has 1 aromatic heterocycles. The molecule has 0 unspecified atom stereocenters. The van der Waals surface area contributed by atoms with E-state index in [0.29, 0.717) is 6.54 Å². The largest absolute Gasteiger partial charge is 0.356 e. The number of rotatable bonds is 8. The van der Waals surface area contributed by atoms with Gasteiger partial charge in [-0.25, -0.2) is 0 Å². The number of halogens is 1. The van der Waals surface area contributed by atoms with Crippen LogP contribution in [0.5, 0.6) is 0 Å². The summed E-state index contributed by atoms with van der Waals surface area (Å²) in [5.41, 5.74) is 2.33. The van der Waals surface area contributed by atoms with Gasteiger partial charge in [-0.1, -0.05) is 12.1 Å². The summed E-state index contributed by atoms with van der Waals surface area (Å²) in [5.74, 6) is 0.761. The molecule has 0 atom stereocenters. The molecule has 0 saturated heterocycles. The predicted molar refractivity (Wildman–Crippen MR) is 113 cm³/mol. The van der Waals surface area contributed by atoms with Gasteiger partial charge in [0.05, 0.1) is 17.2 Å². The number of hydrogen-bond acceptors (Lipinski definition) is 4. The number of aliphatic imine (C=N–C) groups is 1. The molecular formula is C17H25IN6O2. The zero-order chi connectivity index (χ0) is 18.1. The first-order valence-corrected chi connectivity index (χ1v) is 8.25. The maximum Gasteiger partial charge on any atom is 0.269 e. The van der Waals surface area contributed by atoms with E-state index >= 15 is 0 Å². The number of guanidine groups is 1. The average molecular weight is 472 g/mol. The molecule has 142 valence electrons. The molecular weight excluding hydrogens is 447 g/mol. The van der Waals surface area contributed by atoms with Crippen molar-refractivity contribution < 1.29 is 4.92 Å². The van der Waals surface area contributed by atoms with Crippen LogP contribution in [0.3, 0.4) is 0 Å². The molecule has 2 N–H and O–H groups in total. The van der Waals surface area contributed by atoms with Crippen LogP contribution in [0.15, 0.2) is 41.5 Å². The number of aryl methyl sites for hydroxylation is 2. The standard InChI is InChI=1S/C17H24N6O2.HI/c1-18-17(20-13-16-10-12-21-22(16)2)19-11-4-3-5-14-6-8-15(9-7-14)23(24)25;/h6-10,12H,3-5,11,13H2,1-2H3,(H2,18,19,20);1H. The van der Waals surface area contributed by atoms with Crippen LogP contribution in [0.1, 0.15) is 24.1 Å². The monoisotopic (exact) mass is 472 g/mol. The minimum absolute atomic E-state index is 0. The Labute approximate surface area is 170 Å². The van der Waals surface area contributed by atoms with Crippen LogP contribution >= 0.6 is 24.0 Å². The molecule has 2 rings (SSSR count).